The number of alkyl halides is 1. The summed E-state index contributed by atoms with van der Waals surface area (Å²) in [5, 5.41) is 7.16. The number of halogens is 1. The third-order valence-electron chi connectivity index (χ3n) is 1.38. The van der Waals surface area contributed by atoms with Gasteiger partial charge in [0.15, 0.2) is 0 Å². The predicted octanol–water partition coefficient (Wildman–Crippen LogP) is 1.56. The lowest BCUT2D eigenvalue weighted by Crippen LogP contribution is -1.97. The molecule has 1 unspecified atom stereocenters. The summed E-state index contributed by atoms with van der Waals surface area (Å²) in [5.74, 6) is 0.872. The maximum Gasteiger partial charge on any atom is 0.350 e. The van der Waals surface area contributed by atoms with Crippen LogP contribution < -0.4 is 0 Å². The summed E-state index contributed by atoms with van der Waals surface area (Å²) in [6, 6.07) is 0.0324. The van der Waals surface area contributed by atoms with Crippen molar-refractivity contribution in [2.75, 3.05) is 12.0 Å². The van der Waals surface area contributed by atoms with Crippen LogP contribution in [0.4, 0.5) is 6.01 Å². The molecule has 0 saturated heterocycles. The van der Waals surface area contributed by atoms with Crippen LogP contribution in [0.5, 0.6) is 0 Å². The Bertz CT molecular complexity index is 394. The Morgan fingerprint density at radius 2 is 2.31 bits per heavy atom. The minimum atomic E-state index is -2.23. The van der Waals surface area contributed by atoms with E-state index in [4.69, 9.17) is 16.0 Å². The molecule has 5 nitrogen and oxygen atoms in total. The first-order valence-corrected chi connectivity index (χ1v) is 6.28. The van der Waals surface area contributed by atoms with Gasteiger partial charge in [0.1, 0.15) is 5.88 Å². The molecule has 1 aromatic heterocycles. The maximum atomic E-state index is 11.5. The monoisotopic (exact) mass is 223 g/mol. The van der Waals surface area contributed by atoms with E-state index in [2.05, 4.69) is 14.6 Å². The Labute approximate surface area is 81.7 Å². The lowest BCUT2D eigenvalue weighted by molar-refractivity contribution is 0.524. The zero-order valence-electron chi connectivity index (χ0n) is 7.36. The van der Waals surface area contributed by atoms with Gasteiger partial charge in [-0.1, -0.05) is 12.0 Å². The van der Waals surface area contributed by atoms with Gasteiger partial charge in [-0.15, -0.1) is 21.1 Å². The van der Waals surface area contributed by atoms with Gasteiger partial charge < -0.3 is 4.42 Å². The van der Waals surface area contributed by atoms with E-state index in [1.165, 1.54) is 6.26 Å². The Morgan fingerprint density at radius 3 is 2.77 bits per heavy atom. The van der Waals surface area contributed by atoms with E-state index in [0.717, 1.165) is 0 Å². The zero-order valence-corrected chi connectivity index (χ0v) is 8.93. The van der Waals surface area contributed by atoms with Gasteiger partial charge >= 0.3 is 6.01 Å². The molecule has 1 atom stereocenters. The van der Waals surface area contributed by atoms with Gasteiger partial charge in [-0.05, 0) is 0 Å². The third-order valence-corrected chi connectivity index (χ3v) is 3.22. The quantitative estimate of drug-likeness (QED) is 0.730. The molecule has 0 radical (unpaired) electrons. The molecule has 0 aromatic carbocycles. The highest BCUT2D eigenvalue weighted by Gasteiger charge is 2.05. The number of hydrogen-bond acceptors (Lipinski definition) is 5. The first kappa shape index (κ1) is 10.5. The van der Waals surface area contributed by atoms with Crippen molar-refractivity contribution in [2.24, 2.45) is 4.36 Å². The maximum absolute atomic E-state index is 11.5. The molecule has 0 aliphatic heterocycles. The van der Waals surface area contributed by atoms with Crippen LogP contribution in [0.25, 0.3) is 0 Å². The van der Waals surface area contributed by atoms with Gasteiger partial charge in [-0.3, -0.25) is 0 Å². The third kappa shape index (κ3) is 2.96. The van der Waals surface area contributed by atoms with Crippen molar-refractivity contribution in [3.05, 3.63) is 5.89 Å². The average Bonchev–Trinajstić information content (AvgIpc) is 2.52. The molecule has 0 saturated carbocycles. The SMILES string of the molecule is CCS(C)(=O)=Nc1nnc(CCl)o1. The summed E-state index contributed by atoms with van der Waals surface area (Å²) in [7, 11) is -2.23. The van der Waals surface area contributed by atoms with E-state index >= 15 is 0 Å². The Balaban J connectivity index is 2.98. The molecule has 0 amide bonds. The van der Waals surface area contributed by atoms with Crippen LogP contribution in [-0.2, 0) is 15.6 Å². The molecule has 0 aliphatic rings. The molecular formula is C6H10ClN3O2S. The van der Waals surface area contributed by atoms with Crippen LogP contribution in [-0.4, -0.2) is 26.4 Å². The number of hydrogen-bond donors (Lipinski definition) is 0. The molecule has 0 N–H and O–H groups in total. The average molecular weight is 224 g/mol. The van der Waals surface area contributed by atoms with Gasteiger partial charge in [0.2, 0.25) is 5.89 Å². The minimum absolute atomic E-state index is 0.0324. The standard InChI is InChI=1S/C6H10ClN3O2S/c1-3-13(2,11)10-6-9-8-5(4-7)12-6/h3-4H2,1-2H3. The normalized spacial score (nSPS) is 15.3. The van der Waals surface area contributed by atoms with E-state index < -0.39 is 9.73 Å². The van der Waals surface area contributed by atoms with E-state index in [9.17, 15) is 4.21 Å². The summed E-state index contributed by atoms with van der Waals surface area (Å²) < 4.78 is 20.3. The molecular weight excluding hydrogens is 214 g/mol. The molecule has 0 bridgehead atoms. The summed E-state index contributed by atoms with van der Waals surface area (Å²) in [4.78, 5) is 0. The lowest BCUT2D eigenvalue weighted by Gasteiger charge is -1.93. The van der Waals surface area contributed by atoms with E-state index in [1.807, 2.05) is 0 Å². The van der Waals surface area contributed by atoms with Crippen molar-refractivity contribution in [1.82, 2.24) is 10.2 Å². The second-order valence-electron chi connectivity index (χ2n) is 2.45. The number of aromatic nitrogens is 2. The molecule has 0 spiro atoms. The van der Waals surface area contributed by atoms with Crippen LogP contribution in [0.1, 0.15) is 12.8 Å². The molecule has 1 heterocycles. The van der Waals surface area contributed by atoms with Crippen LogP contribution in [0.15, 0.2) is 8.78 Å². The minimum Gasteiger partial charge on any atom is -0.405 e. The van der Waals surface area contributed by atoms with Crippen LogP contribution in [0.2, 0.25) is 0 Å². The lowest BCUT2D eigenvalue weighted by atomic mass is 10.8. The van der Waals surface area contributed by atoms with E-state index in [0.29, 0.717) is 5.75 Å². The van der Waals surface area contributed by atoms with E-state index in [-0.39, 0.29) is 17.8 Å². The van der Waals surface area contributed by atoms with Crippen molar-refractivity contribution < 1.29 is 8.63 Å². The fraction of sp³-hybridized carbons (Fsp3) is 0.667. The highest BCUT2D eigenvalue weighted by Crippen LogP contribution is 2.13. The number of nitrogens with zero attached hydrogens (tertiary/aromatic N) is 3. The second-order valence-corrected chi connectivity index (χ2v) is 5.40. The van der Waals surface area contributed by atoms with Crippen molar-refractivity contribution in [3.63, 3.8) is 0 Å². The summed E-state index contributed by atoms with van der Waals surface area (Å²) in [6.07, 6.45) is 1.54. The van der Waals surface area contributed by atoms with Crippen LogP contribution in [0, 0.1) is 0 Å². The smallest absolute Gasteiger partial charge is 0.350 e. The van der Waals surface area contributed by atoms with Crippen LogP contribution >= 0.6 is 11.6 Å². The molecule has 7 heteroatoms. The van der Waals surface area contributed by atoms with E-state index in [1.54, 1.807) is 6.92 Å². The van der Waals surface area contributed by atoms with Gasteiger partial charge in [0, 0.05) is 12.0 Å². The van der Waals surface area contributed by atoms with Gasteiger partial charge in [-0.2, -0.15) is 0 Å². The van der Waals surface area contributed by atoms with Gasteiger partial charge in [0.25, 0.3) is 0 Å². The Kier molecular flexibility index (Phi) is 3.27. The highest BCUT2D eigenvalue weighted by molar-refractivity contribution is 7.93. The van der Waals surface area contributed by atoms with Crippen molar-refractivity contribution >= 4 is 27.3 Å². The molecule has 13 heavy (non-hydrogen) atoms. The summed E-state index contributed by atoms with van der Waals surface area (Å²) in [5.41, 5.74) is 0. The highest BCUT2D eigenvalue weighted by atomic mass is 35.5. The van der Waals surface area contributed by atoms with Gasteiger partial charge in [0.05, 0.1) is 9.73 Å². The van der Waals surface area contributed by atoms with Gasteiger partial charge in [-0.25, -0.2) is 4.21 Å². The fourth-order valence-corrected chi connectivity index (χ4v) is 1.21. The molecule has 0 fully saturated rings. The second kappa shape index (κ2) is 4.06. The topological polar surface area (TPSA) is 68.3 Å². The van der Waals surface area contributed by atoms with Crippen molar-refractivity contribution in [1.29, 1.82) is 0 Å². The predicted molar refractivity (Wildman–Crippen MR) is 50.6 cm³/mol. The molecule has 1 aromatic rings. The zero-order chi connectivity index (χ0) is 9.90. The fourth-order valence-electron chi connectivity index (χ4n) is 0.565. The van der Waals surface area contributed by atoms with Crippen LogP contribution in [0.3, 0.4) is 0 Å². The summed E-state index contributed by atoms with van der Waals surface area (Å²) in [6.45, 7) is 1.78. The Hall–Kier alpha value is -0.620. The summed E-state index contributed by atoms with van der Waals surface area (Å²) >= 11 is 5.44. The number of rotatable bonds is 3. The first-order valence-electron chi connectivity index (χ1n) is 3.65. The molecule has 74 valence electrons. The van der Waals surface area contributed by atoms with Crippen molar-refractivity contribution in [2.45, 2.75) is 12.8 Å². The molecule has 1 rings (SSSR count). The van der Waals surface area contributed by atoms with Crippen molar-refractivity contribution in [3.8, 4) is 0 Å². The largest absolute Gasteiger partial charge is 0.405 e. The molecule has 0 aliphatic carbocycles. The Morgan fingerprint density at radius 1 is 1.62 bits per heavy atom. The first-order chi connectivity index (χ1) is 6.07.